The normalized spacial score (nSPS) is 15.3. The lowest BCUT2D eigenvalue weighted by molar-refractivity contribution is -0.139. The van der Waals surface area contributed by atoms with Gasteiger partial charge in [0.15, 0.2) is 16.3 Å². The highest BCUT2D eigenvalue weighted by Crippen LogP contribution is 2.36. The van der Waals surface area contributed by atoms with Gasteiger partial charge in [0.2, 0.25) is 0 Å². The molecule has 202 valence electrons. The second-order valence-corrected chi connectivity index (χ2v) is 10.1. The van der Waals surface area contributed by atoms with Gasteiger partial charge in [0.1, 0.15) is 0 Å². The summed E-state index contributed by atoms with van der Waals surface area (Å²) in [6.07, 6.45) is 1.77. The molecule has 2 aromatic heterocycles. The molecule has 39 heavy (non-hydrogen) atoms. The van der Waals surface area contributed by atoms with Crippen LogP contribution in [0.3, 0.4) is 0 Å². The average molecular weight is 549 g/mol. The first kappa shape index (κ1) is 26.2. The van der Waals surface area contributed by atoms with Crippen LogP contribution in [0, 0.1) is 0 Å². The van der Waals surface area contributed by atoms with E-state index in [2.05, 4.69) is 4.99 Å². The molecule has 3 heterocycles. The molecule has 0 spiro atoms. The zero-order valence-electron chi connectivity index (χ0n) is 22.5. The molecular formula is C28H28N4O6S. The fourth-order valence-electron chi connectivity index (χ4n) is 4.89. The number of methoxy groups -OCH3 is 2. The van der Waals surface area contributed by atoms with Crippen LogP contribution in [0.15, 0.2) is 62.2 Å². The van der Waals surface area contributed by atoms with Gasteiger partial charge >= 0.3 is 11.7 Å². The minimum Gasteiger partial charge on any atom is -0.493 e. The van der Waals surface area contributed by atoms with Crippen molar-refractivity contribution in [2.45, 2.75) is 19.9 Å². The van der Waals surface area contributed by atoms with Crippen LogP contribution in [-0.2, 0) is 23.6 Å². The summed E-state index contributed by atoms with van der Waals surface area (Å²) in [5.41, 5.74) is 3.30. The Bertz CT molecular complexity index is 1910. The molecule has 1 aliphatic rings. The van der Waals surface area contributed by atoms with E-state index >= 15 is 0 Å². The van der Waals surface area contributed by atoms with Gasteiger partial charge < -0.3 is 14.2 Å². The Kier molecular flexibility index (Phi) is 6.77. The van der Waals surface area contributed by atoms with Crippen molar-refractivity contribution in [3.05, 3.63) is 89.0 Å². The standard InChI is InChI=1S/C28H28N4O6S/c1-7-38-26(34)23-15(2)29-27-32(24(23)17-9-11-20(36-5)21(14-17)37-6)25(33)22(39-27)13-16-8-10-18-19(12-16)31(4)28(35)30(18)3/h8-14,24H,7H2,1-6H3/b22-13+/t24-/m1/s1. The van der Waals surface area contributed by atoms with E-state index in [0.29, 0.717) is 32.1 Å². The monoisotopic (exact) mass is 548 g/mol. The molecule has 0 saturated carbocycles. The first-order chi connectivity index (χ1) is 18.7. The smallest absolute Gasteiger partial charge is 0.338 e. The molecule has 0 amide bonds. The van der Waals surface area contributed by atoms with Crippen molar-refractivity contribution >= 4 is 34.4 Å². The summed E-state index contributed by atoms with van der Waals surface area (Å²) in [6.45, 7) is 3.65. The number of hydrogen-bond donors (Lipinski definition) is 0. The Labute approximate surface area is 227 Å². The van der Waals surface area contributed by atoms with E-state index in [9.17, 15) is 14.4 Å². The van der Waals surface area contributed by atoms with Gasteiger partial charge in [-0.05, 0) is 55.3 Å². The van der Waals surface area contributed by atoms with Gasteiger partial charge in [-0.15, -0.1) is 0 Å². The number of hydrogen-bond acceptors (Lipinski definition) is 8. The van der Waals surface area contributed by atoms with Crippen LogP contribution in [0.2, 0.25) is 0 Å². The molecule has 4 aromatic rings. The van der Waals surface area contributed by atoms with Crippen molar-refractivity contribution in [1.82, 2.24) is 13.7 Å². The van der Waals surface area contributed by atoms with Crippen LogP contribution in [0.4, 0.5) is 0 Å². The Morgan fingerprint density at radius 3 is 2.44 bits per heavy atom. The van der Waals surface area contributed by atoms with Crippen molar-refractivity contribution < 1.29 is 19.0 Å². The quantitative estimate of drug-likeness (QED) is 0.342. The summed E-state index contributed by atoms with van der Waals surface area (Å²) in [6, 6.07) is 10.1. The summed E-state index contributed by atoms with van der Waals surface area (Å²) in [4.78, 5) is 44.5. The predicted molar refractivity (Wildman–Crippen MR) is 148 cm³/mol. The number of carbonyl (C=O) groups is 1. The van der Waals surface area contributed by atoms with Gasteiger partial charge in [-0.3, -0.25) is 18.5 Å². The maximum Gasteiger partial charge on any atom is 0.338 e. The minimum absolute atomic E-state index is 0.126. The van der Waals surface area contributed by atoms with E-state index in [1.165, 1.54) is 23.0 Å². The zero-order valence-corrected chi connectivity index (χ0v) is 23.3. The van der Waals surface area contributed by atoms with Crippen molar-refractivity contribution in [2.24, 2.45) is 19.1 Å². The lowest BCUT2D eigenvalue weighted by atomic mass is 9.95. The van der Waals surface area contributed by atoms with Gasteiger partial charge in [0.25, 0.3) is 5.56 Å². The first-order valence-corrected chi connectivity index (χ1v) is 13.1. The van der Waals surface area contributed by atoms with Gasteiger partial charge in [0.05, 0.1) is 53.7 Å². The molecule has 0 radical (unpaired) electrons. The molecule has 1 atom stereocenters. The number of benzene rings is 2. The Balaban J connectivity index is 1.73. The van der Waals surface area contributed by atoms with Crippen LogP contribution >= 0.6 is 11.3 Å². The number of carbonyl (C=O) groups excluding carboxylic acids is 1. The number of esters is 1. The van der Waals surface area contributed by atoms with Crippen LogP contribution in [0.5, 0.6) is 11.5 Å². The lowest BCUT2D eigenvalue weighted by Crippen LogP contribution is -2.39. The number of rotatable bonds is 6. The Morgan fingerprint density at radius 2 is 1.74 bits per heavy atom. The summed E-state index contributed by atoms with van der Waals surface area (Å²) >= 11 is 1.23. The molecule has 0 N–H and O–H groups in total. The highest BCUT2D eigenvalue weighted by Gasteiger charge is 2.34. The molecular weight excluding hydrogens is 520 g/mol. The summed E-state index contributed by atoms with van der Waals surface area (Å²) in [5.74, 6) is 0.456. The average Bonchev–Trinajstić information content (AvgIpc) is 3.34. The zero-order chi connectivity index (χ0) is 28.0. The third kappa shape index (κ3) is 4.28. The van der Waals surface area contributed by atoms with E-state index in [-0.39, 0.29) is 23.4 Å². The molecule has 0 unspecified atom stereocenters. The maximum atomic E-state index is 13.9. The second-order valence-electron chi connectivity index (χ2n) is 9.07. The highest BCUT2D eigenvalue weighted by atomic mass is 32.1. The van der Waals surface area contributed by atoms with Crippen molar-refractivity contribution in [2.75, 3.05) is 20.8 Å². The fraction of sp³-hybridized carbons (Fsp3) is 0.286. The number of fused-ring (bicyclic) bond motifs is 2. The lowest BCUT2D eigenvalue weighted by Gasteiger charge is -2.25. The molecule has 5 rings (SSSR count). The van der Waals surface area contributed by atoms with Crippen molar-refractivity contribution in [3.63, 3.8) is 0 Å². The van der Waals surface area contributed by atoms with E-state index < -0.39 is 12.0 Å². The van der Waals surface area contributed by atoms with Gasteiger partial charge in [0, 0.05) is 14.1 Å². The molecule has 0 saturated heterocycles. The number of allylic oxidation sites excluding steroid dienone is 1. The molecule has 0 fully saturated rings. The number of imidazole rings is 1. The first-order valence-electron chi connectivity index (χ1n) is 12.3. The van der Waals surface area contributed by atoms with Gasteiger partial charge in [-0.1, -0.05) is 23.5 Å². The Morgan fingerprint density at radius 1 is 1.03 bits per heavy atom. The molecule has 11 heteroatoms. The van der Waals surface area contributed by atoms with Gasteiger partial charge in [-0.2, -0.15) is 0 Å². The number of ether oxygens (including phenoxy) is 3. The largest absolute Gasteiger partial charge is 0.493 e. The molecule has 10 nitrogen and oxygen atoms in total. The van der Waals surface area contributed by atoms with Crippen LogP contribution in [-0.4, -0.2) is 40.5 Å². The second kappa shape index (κ2) is 10.1. The number of aryl methyl sites for hydroxylation is 2. The molecule has 0 bridgehead atoms. The SMILES string of the molecule is CCOC(=O)C1=C(C)N=c2s/c(=C/c3ccc4c(c3)n(C)c(=O)n4C)c(=O)n2[C@@H]1c1ccc(OC)c(OC)c1. The van der Waals surface area contributed by atoms with E-state index in [4.69, 9.17) is 14.2 Å². The maximum absolute atomic E-state index is 13.9. The third-order valence-corrected chi connectivity index (χ3v) is 7.82. The summed E-state index contributed by atoms with van der Waals surface area (Å²) in [5, 5.41) is 0. The molecule has 1 aliphatic heterocycles. The van der Waals surface area contributed by atoms with E-state index in [1.54, 1.807) is 68.5 Å². The van der Waals surface area contributed by atoms with Crippen molar-refractivity contribution in [1.29, 1.82) is 0 Å². The van der Waals surface area contributed by atoms with Crippen molar-refractivity contribution in [3.8, 4) is 11.5 Å². The molecule has 0 aliphatic carbocycles. The van der Waals surface area contributed by atoms with Crippen LogP contribution < -0.4 is 30.1 Å². The van der Waals surface area contributed by atoms with E-state index in [0.717, 1.165) is 16.6 Å². The third-order valence-electron chi connectivity index (χ3n) is 6.83. The van der Waals surface area contributed by atoms with E-state index in [1.807, 2.05) is 18.2 Å². The number of thiazole rings is 1. The Hall–Kier alpha value is -4.38. The minimum atomic E-state index is -0.778. The predicted octanol–water partition coefficient (Wildman–Crippen LogP) is 2.01. The summed E-state index contributed by atoms with van der Waals surface area (Å²) < 4.78 is 21.4. The highest BCUT2D eigenvalue weighted by molar-refractivity contribution is 7.07. The van der Waals surface area contributed by atoms with Crippen LogP contribution in [0.25, 0.3) is 17.1 Å². The fourth-order valence-corrected chi connectivity index (χ4v) is 5.94. The number of nitrogens with zero attached hydrogens (tertiary/aromatic N) is 4. The number of aromatic nitrogens is 3. The van der Waals surface area contributed by atoms with Crippen LogP contribution in [0.1, 0.15) is 31.0 Å². The van der Waals surface area contributed by atoms with Gasteiger partial charge in [-0.25, -0.2) is 14.6 Å². The summed E-state index contributed by atoms with van der Waals surface area (Å²) in [7, 11) is 6.50. The topological polar surface area (TPSA) is 106 Å². The molecule has 2 aromatic carbocycles.